The SMILES string of the molecule is O=C(NC1CC[C@H](c2ccccc2)CC1CO)C1(c2ccc(Cl)cc2)CC1. The normalized spacial score (nSPS) is 26.4. The lowest BCUT2D eigenvalue weighted by Crippen LogP contribution is -2.48. The number of benzene rings is 2. The smallest absolute Gasteiger partial charge is 0.230 e. The average molecular weight is 384 g/mol. The maximum atomic E-state index is 13.1. The minimum absolute atomic E-state index is 0.0484. The summed E-state index contributed by atoms with van der Waals surface area (Å²) < 4.78 is 0. The van der Waals surface area contributed by atoms with E-state index in [0.717, 1.165) is 37.7 Å². The minimum atomic E-state index is -0.402. The van der Waals surface area contributed by atoms with Crippen molar-refractivity contribution in [1.29, 1.82) is 0 Å². The van der Waals surface area contributed by atoms with Crippen LogP contribution in [-0.4, -0.2) is 23.7 Å². The van der Waals surface area contributed by atoms with Crippen molar-refractivity contribution in [2.45, 2.75) is 49.5 Å². The van der Waals surface area contributed by atoms with E-state index in [1.807, 2.05) is 30.3 Å². The summed E-state index contributed by atoms with van der Waals surface area (Å²) in [7, 11) is 0. The third-order valence-corrected chi connectivity index (χ3v) is 6.64. The topological polar surface area (TPSA) is 49.3 Å². The first kappa shape index (κ1) is 18.5. The van der Waals surface area contributed by atoms with Gasteiger partial charge in [-0.05, 0) is 61.3 Å². The van der Waals surface area contributed by atoms with Gasteiger partial charge in [-0.25, -0.2) is 0 Å². The van der Waals surface area contributed by atoms with E-state index in [0.29, 0.717) is 10.9 Å². The van der Waals surface area contributed by atoms with Gasteiger partial charge in [-0.15, -0.1) is 0 Å². The molecule has 2 saturated carbocycles. The molecule has 1 amide bonds. The van der Waals surface area contributed by atoms with Gasteiger partial charge in [-0.1, -0.05) is 54.1 Å². The van der Waals surface area contributed by atoms with Crippen LogP contribution >= 0.6 is 11.6 Å². The lowest BCUT2D eigenvalue weighted by molar-refractivity contribution is -0.125. The van der Waals surface area contributed by atoms with Gasteiger partial charge in [-0.2, -0.15) is 0 Å². The van der Waals surface area contributed by atoms with E-state index >= 15 is 0 Å². The van der Waals surface area contributed by atoms with E-state index in [1.165, 1.54) is 5.56 Å². The van der Waals surface area contributed by atoms with Crippen LogP contribution in [0.4, 0.5) is 0 Å². The van der Waals surface area contributed by atoms with E-state index in [-0.39, 0.29) is 24.5 Å². The highest BCUT2D eigenvalue weighted by atomic mass is 35.5. The summed E-state index contributed by atoms with van der Waals surface area (Å²) in [6.07, 6.45) is 4.62. The molecule has 3 nitrogen and oxygen atoms in total. The first-order valence-corrected chi connectivity index (χ1v) is 10.2. The van der Waals surface area contributed by atoms with Crippen molar-refractivity contribution in [2.24, 2.45) is 5.92 Å². The van der Waals surface area contributed by atoms with Gasteiger partial charge in [0.15, 0.2) is 0 Å². The molecule has 4 rings (SSSR count). The highest BCUT2D eigenvalue weighted by molar-refractivity contribution is 6.30. The number of carbonyl (C=O) groups excluding carboxylic acids is 1. The number of amides is 1. The van der Waals surface area contributed by atoms with Gasteiger partial charge in [0.1, 0.15) is 0 Å². The fourth-order valence-corrected chi connectivity index (χ4v) is 4.66. The molecule has 2 aromatic carbocycles. The Balaban J connectivity index is 1.43. The van der Waals surface area contributed by atoms with Gasteiger partial charge in [0, 0.05) is 23.6 Å². The van der Waals surface area contributed by atoms with Crippen LogP contribution in [0.15, 0.2) is 54.6 Å². The maximum absolute atomic E-state index is 13.1. The second-order valence-electron chi connectivity index (χ2n) is 8.03. The summed E-state index contributed by atoms with van der Waals surface area (Å²) in [5.74, 6) is 0.669. The number of hydrogen-bond donors (Lipinski definition) is 2. The molecule has 2 unspecified atom stereocenters. The van der Waals surface area contributed by atoms with Crippen LogP contribution in [0.5, 0.6) is 0 Å². The van der Waals surface area contributed by atoms with E-state index in [1.54, 1.807) is 0 Å². The molecule has 2 N–H and O–H groups in total. The Kier molecular flexibility index (Phi) is 5.25. The second-order valence-corrected chi connectivity index (χ2v) is 8.47. The molecule has 2 aliphatic rings. The highest BCUT2D eigenvalue weighted by Gasteiger charge is 2.52. The Morgan fingerprint density at radius 1 is 1.07 bits per heavy atom. The van der Waals surface area contributed by atoms with Crippen molar-refractivity contribution in [1.82, 2.24) is 5.32 Å². The van der Waals surface area contributed by atoms with Gasteiger partial charge in [-0.3, -0.25) is 4.79 Å². The lowest BCUT2D eigenvalue weighted by atomic mass is 9.75. The highest BCUT2D eigenvalue weighted by Crippen LogP contribution is 2.49. The molecule has 0 radical (unpaired) electrons. The van der Waals surface area contributed by atoms with Crippen LogP contribution in [0.1, 0.15) is 49.1 Å². The Morgan fingerprint density at radius 2 is 1.78 bits per heavy atom. The van der Waals surface area contributed by atoms with E-state index in [9.17, 15) is 9.90 Å². The van der Waals surface area contributed by atoms with Gasteiger partial charge >= 0.3 is 0 Å². The van der Waals surface area contributed by atoms with E-state index in [4.69, 9.17) is 11.6 Å². The van der Waals surface area contributed by atoms with Crippen molar-refractivity contribution < 1.29 is 9.90 Å². The molecule has 142 valence electrons. The Labute approximate surface area is 165 Å². The number of aliphatic hydroxyl groups excluding tert-OH is 1. The molecular formula is C23H26ClNO2. The maximum Gasteiger partial charge on any atom is 0.230 e. The Bertz CT molecular complexity index is 786. The lowest BCUT2D eigenvalue weighted by Gasteiger charge is -2.36. The summed E-state index contributed by atoms with van der Waals surface area (Å²) in [6.45, 7) is 0.113. The van der Waals surface area contributed by atoms with Crippen molar-refractivity contribution in [3.63, 3.8) is 0 Å². The summed E-state index contributed by atoms with van der Waals surface area (Å²) in [5, 5.41) is 13.9. The average Bonchev–Trinajstić information content (AvgIpc) is 3.51. The zero-order chi connectivity index (χ0) is 18.9. The molecule has 2 fully saturated rings. The van der Waals surface area contributed by atoms with Gasteiger partial charge in [0.05, 0.1) is 5.41 Å². The van der Waals surface area contributed by atoms with E-state index in [2.05, 4.69) is 29.6 Å². The molecule has 2 aliphatic carbocycles. The Morgan fingerprint density at radius 3 is 2.41 bits per heavy atom. The van der Waals surface area contributed by atoms with Crippen LogP contribution in [0.25, 0.3) is 0 Å². The second kappa shape index (κ2) is 7.65. The van der Waals surface area contributed by atoms with Crippen molar-refractivity contribution in [3.8, 4) is 0 Å². The van der Waals surface area contributed by atoms with Gasteiger partial charge in [0.2, 0.25) is 5.91 Å². The number of carbonyl (C=O) groups is 1. The summed E-state index contributed by atoms with van der Waals surface area (Å²) in [5.41, 5.74) is 1.98. The quantitative estimate of drug-likeness (QED) is 0.802. The molecule has 0 spiro atoms. The first-order valence-electron chi connectivity index (χ1n) is 9.85. The number of rotatable bonds is 5. The van der Waals surface area contributed by atoms with Crippen LogP contribution in [0, 0.1) is 5.92 Å². The summed E-state index contributed by atoms with van der Waals surface area (Å²) >= 11 is 5.99. The third kappa shape index (κ3) is 3.76. The molecule has 2 aromatic rings. The molecule has 0 bridgehead atoms. The van der Waals surface area contributed by atoms with Crippen molar-refractivity contribution in [2.75, 3.05) is 6.61 Å². The molecule has 0 aliphatic heterocycles. The molecule has 27 heavy (non-hydrogen) atoms. The molecule has 3 atom stereocenters. The molecular weight excluding hydrogens is 358 g/mol. The predicted molar refractivity (Wildman–Crippen MR) is 108 cm³/mol. The zero-order valence-electron chi connectivity index (χ0n) is 15.4. The molecule has 0 heterocycles. The number of aliphatic hydroxyl groups is 1. The molecule has 0 aromatic heterocycles. The molecule has 4 heteroatoms. The number of hydrogen-bond acceptors (Lipinski definition) is 2. The van der Waals surface area contributed by atoms with Crippen molar-refractivity contribution >= 4 is 17.5 Å². The van der Waals surface area contributed by atoms with Crippen LogP contribution < -0.4 is 5.32 Å². The van der Waals surface area contributed by atoms with Gasteiger partial charge in [0.25, 0.3) is 0 Å². The van der Waals surface area contributed by atoms with Gasteiger partial charge < -0.3 is 10.4 Å². The fourth-order valence-electron chi connectivity index (χ4n) is 4.53. The monoisotopic (exact) mass is 383 g/mol. The van der Waals surface area contributed by atoms with Crippen LogP contribution in [0.3, 0.4) is 0 Å². The standard InChI is InChI=1S/C23H26ClNO2/c24-20-9-7-19(8-10-20)23(12-13-23)22(27)25-21-11-6-17(14-18(21)15-26)16-4-2-1-3-5-16/h1-5,7-10,17-18,21,26H,6,11-15H2,(H,25,27)/t17-,18?,21?/m0/s1. The van der Waals surface area contributed by atoms with E-state index < -0.39 is 5.41 Å². The van der Waals surface area contributed by atoms with Crippen LogP contribution in [0.2, 0.25) is 5.02 Å². The summed E-state index contributed by atoms with van der Waals surface area (Å²) in [4.78, 5) is 13.1. The third-order valence-electron chi connectivity index (χ3n) is 6.39. The van der Waals surface area contributed by atoms with Crippen molar-refractivity contribution in [3.05, 3.63) is 70.7 Å². The largest absolute Gasteiger partial charge is 0.396 e. The minimum Gasteiger partial charge on any atom is -0.396 e. The zero-order valence-corrected chi connectivity index (χ0v) is 16.2. The number of halogens is 1. The predicted octanol–water partition coefficient (Wildman–Crippen LogP) is 4.43. The first-order chi connectivity index (χ1) is 13.1. The molecule has 0 saturated heterocycles. The number of nitrogens with one attached hydrogen (secondary N) is 1. The fraction of sp³-hybridized carbons (Fsp3) is 0.435. The Hall–Kier alpha value is -1.84. The summed E-state index contributed by atoms with van der Waals surface area (Å²) in [6, 6.07) is 18.2. The van der Waals surface area contributed by atoms with Crippen LogP contribution in [-0.2, 0) is 10.2 Å².